The van der Waals surface area contributed by atoms with E-state index in [1.54, 1.807) is 6.20 Å². The summed E-state index contributed by atoms with van der Waals surface area (Å²) in [5.74, 6) is -0.337. The summed E-state index contributed by atoms with van der Waals surface area (Å²) in [6, 6.07) is 4.19. The minimum absolute atomic E-state index is 0.00897. The van der Waals surface area contributed by atoms with Gasteiger partial charge in [-0.05, 0) is 31.4 Å². The predicted molar refractivity (Wildman–Crippen MR) is 120 cm³/mol. The van der Waals surface area contributed by atoms with Gasteiger partial charge in [-0.25, -0.2) is 14.6 Å². The van der Waals surface area contributed by atoms with Crippen LogP contribution in [0.2, 0.25) is 0 Å². The van der Waals surface area contributed by atoms with Crippen molar-refractivity contribution in [1.82, 2.24) is 9.88 Å². The van der Waals surface area contributed by atoms with Crippen LogP contribution in [-0.4, -0.2) is 78.0 Å². The second-order valence-electron chi connectivity index (χ2n) is 10.8. The molecule has 176 valence electrons. The van der Waals surface area contributed by atoms with Crippen LogP contribution < -0.4 is 4.90 Å². The molecule has 0 bridgehead atoms. The van der Waals surface area contributed by atoms with Crippen LogP contribution in [0.1, 0.15) is 57.3 Å². The molecule has 8 heteroatoms. The van der Waals surface area contributed by atoms with Gasteiger partial charge in [0.15, 0.2) is 0 Å². The van der Waals surface area contributed by atoms with Crippen molar-refractivity contribution in [3.63, 3.8) is 0 Å². The van der Waals surface area contributed by atoms with E-state index in [9.17, 15) is 9.59 Å². The maximum atomic E-state index is 12.7. The summed E-state index contributed by atoms with van der Waals surface area (Å²) in [5.41, 5.74) is 0.511. The lowest BCUT2D eigenvalue weighted by Crippen LogP contribution is -2.57. The third-order valence-electron chi connectivity index (χ3n) is 7.21. The van der Waals surface area contributed by atoms with E-state index in [0.29, 0.717) is 11.6 Å². The van der Waals surface area contributed by atoms with Crippen molar-refractivity contribution < 1.29 is 24.2 Å². The fraction of sp³-hybridized carbons (Fsp3) is 0.708. The van der Waals surface area contributed by atoms with Crippen molar-refractivity contribution in [2.75, 3.05) is 37.7 Å². The molecular weight excluding hydrogens is 410 g/mol. The van der Waals surface area contributed by atoms with Crippen LogP contribution in [0.3, 0.4) is 0 Å². The summed E-state index contributed by atoms with van der Waals surface area (Å²) in [6.45, 7) is 12.0. The molecular formula is C24H35N3O5. The van der Waals surface area contributed by atoms with Gasteiger partial charge in [-0.3, -0.25) is 4.90 Å². The van der Waals surface area contributed by atoms with E-state index in [1.807, 2.05) is 12.1 Å². The number of nitrogens with zero attached hydrogens (tertiary/aromatic N) is 3. The van der Waals surface area contributed by atoms with Crippen molar-refractivity contribution in [2.24, 2.45) is 10.8 Å². The normalized spacial score (nSPS) is 27.3. The molecule has 0 atom stereocenters. The van der Waals surface area contributed by atoms with Crippen LogP contribution in [-0.2, 0) is 14.3 Å². The van der Waals surface area contributed by atoms with Crippen LogP contribution in [0, 0.1) is 10.8 Å². The summed E-state index contributed by atoms with van der Waals surface area (Å²) in [6.07, 6.45) is 4.44. The molecule has 4 rings (SSSR count). The van der Waals surface area contributed by atoms with E-state index in [0.717, 1.165) is 51.3 Å². The Morgan fingerprint density at radius 3 is 2.28 bits per heavy atom. The molecule has 2 aliphatic carbocycles. The van der Waals surface area contributed by atoms with Crippen LogP contribution in [0.15, 0.2) is 18.3 Å². The number of hydrogen-bond donors (Lipinski definition) is 1. The largest absolute Gasteiger partial charge is 0.480 e. The van der Waals surface area contributed by atoms with Gasteiger partial charge >= 0.3 is 11.9 Å². The highest BCUT2D eigenvalue weighted by Crippen LogP contribution is 2.55. The standard InChI is InChI=1S/C24H35N3O5/c1-23(2)15-24(3,4)22(23)32-21(30)16-5-6-19(25-13-16)27-9-7-26(8-10-27)17-11-18(12-17)31-14-20(28)29/h5-6,13,17-18,22H,7-12,14-15H2,1-4H3,(H,28,29). The number of pyridine rings is 1. The number of aromatic nitrogens is 1. The first-order chi connectivity index (χ1) is 15.0. The number of rotatable bonds is 7. The van der Waals surface area contributed by atoms with Crippen molar-refractivity contribution in [3.05, 3.63) is 23.9 Å². The van der Waals surface area contributed by atoms with Crippen molar-refractivity contribution in [3.8, 4) is 0 Å². The Hall–Kier alpha value is -2.19. The highest BCUT2D eigenvalue weighted by molar-refractivity contribution is 5.89. The van der Waals surface area contributed by atoms with E-state index in [-0.39, 0.29) is 35.6 Å². The van der Waals surface area contributed by atoms with Crippen molar-refractivity contribution in [2.45, 2.75) is 65.2 Å². The zero-order chi connectivity index (χ0) is 23.1. The molecule has 1 aromatic rings. The van der Waals surface area contributed by atoms with Crippen LogP contribution in [0.4, 0.5) is 5.82 Å². The van der Waals surface area contributed by atoms with E-state index < -0.39 is 5.97 Å². The summed E-state index contributed by atoms with van der Waals surface area (Å²) in [4.78, 5) is 32.5. The Morgan fingerprint density at radius 1 is 1.09 bits per heavy atom. The minimum atomic E-state index is -0.912. The number of carbonyl (C=O) groups is 2. The Morgan fingerprint density at radius 2 is 1.75 bits per heavy atom. The topological polar surface area (TPSA) is 92.2 Å². The second kappa shape index (κ2) is 8.63. The third kappa shape index (κ3) is 4.76. The molecule has 3 aliphatic rings. The third-order valence-corrected chi connectivity index (χ3v) is 7.21. The fourth-order valence-corrected chi connectivity index (χ4v) is 5.95. The molecule has 8 nitrogen and oxygen atoms in total. The van der Waals surface area contributed by atoms with Gasteiger partial charge in [0.25, 0.3) is 0 Å². The molecule has 0 spiro atoms. The summed E-state index contributed by atoms with van der Waals surface area (Å²) in [7, 11) is 0. The van der Waals surface area contributed by atoms with Crippen molar-refractivity contribution in [1.29, 1.82) is 0 Å². The molecule has 0 amide bonds. The van der Waals surface area contributed by atoms with Gasteiger partial charge in [0.2, 0.25) is 0 Å². The molecule has 1 N–H and O–H groups in total. The van der Waals surface area contributed by atoms with E-state index in [4.69, 9.17) is 14.6 Å². The number of piperazine rings is 1. The van der Waals surface area contributed by atoms with Gasteiger partial charge in [-0.1, -0.05) is 27.7 Å². The van der Waals surface area contributed by atoms with E-state index in [2.05, 4.69) is 42.5 Å². The molecule has 0 unspecified atom stereocenters. The number of carboxylic acids is 1. The Labute approximate surface area is 189 Å². The lowest BCUT2D eigenvalue weighted by atomic mass is 9.53. The molecule has 3 fully saturated rings. The predicted octanol–water partition coefficient (Wildman–Crippen LogP) is 2.82. The molecule has 2 heterocycles. The minimum Gasteiger partial charge on any atom is -0.480 e. The van der Waals surface area contributed by atoms with Crippen LogP contribution in [0.25, 0.3) is 0 Å². The number of carbonyl (C=O) groups excluding carboxylic acids is 1. The molecule has 0 aromatic carbocycles. The first kappa shape index (κ1) is 23.0. The molecule has 1 saturated heterocycles. The zero-order valence-electron chi connectivity index (χ0n) is 19.5. The van der Waals surface area contributed by atoms with Crippen molar-refractivity contribution >= 4 is 17.8 Å². The van der Waals surface area contributed by atoms with Gasteiger partial charge in [0.1, 0.15) is 18.5 Å². The SMILES string of the molecule is CC1(C)CC(C)(C)C1OC(=O)c1ccc(N2CCN(C3CC(OCC(=O)O)C3)CC2)nc1. The highest BCUT2D eigenvalue weighted by atomic mass is 16.5. The first-order valence-electron chi connectivity index (χ1n) is 11.5. The van der Waals surface area contributed by atoms with Gasteiger partial charge in [-0.15, -0.1) is 0 Å². The molecule has 2 saturated carbocycles. The summed E-state index contributed by atoms with van der Waals surface area (Å²) >= 11 is 0. The lowest BCUT2D eigenvalue weighted by Gasteiger charge is -2.56. The molecule has 1 aromatic heterocycles. The van der Waals surface area contributed by atoms with Gasteiger partial charge < -0.3 is 19.5 Å². The average molecular weight is 446 g/mol. The summed E-state index contributed by atoms with van der Waals surface area (Å²) in [5, 5.41) is 8.70. The first-order valence-corrected chi connectivity index (χ1v) is 11.5. The van der Waals surface area contributed by atoms with Crippen LogP contribution >= 0.6 is 0 Å². The number of ether oxygens (including phenoxy) is 2. The molecule has 32 heavy (non-hydrogen) atoms. The number of esters is 1. The smallest absolute Gasteiger partial charge is 0.340 e. The molecule has 1 aliphatic heterocycles. The Balaban J connectivity index is 1.24. The van der Waals surface area contributed by atoms with Gasteiger partial charge in [-0.2, -0.15) is 0 Å². The second-order valence-corrected chi connectivity index (χ2v) is 10.8. The number of carboxylic acid groups (broad SMARTS) is 1. The molecule has 0 radical (unpaired) electrons. The maximum Gasteiger partial charge on any atom is 0.340 e. The van der Waals surface area contributed by atoms with E-state index in [1.165, 1.54) is 0 Å². The van der Waals surface area contributed by atoms with E-state index >= 15 is 0 Å². The monoisotopic (exact) mass is 445 g/mol. The highest BCUT2D eigenvalue weighted by Gasteiger charge is 2.55. The van der Waals surface area contributed by atoms with Crippen LogP contribution in [0.5, 0.6) is 0 Å². The fourth-order valence-electron chi connectivity index (χ4n) is 5.95. The number of anilines is 1. The Bertz CT molecular complexity index is 826. The number of hydrogen-bond acceptors (Lipinski definition) is 7. The van der Waals surface area contributed by atoms with Gasteiger partial charge in [0, 0.05) is 49.2 Å². The maximum absolute atomic E-state index is 12.7. The quantitative estimate of drug-likeness (QED) is 0.641. The Kier molecular flexibility index (Phi) is 6.20. The number of aliphatic carboxylic acids is 1. The average Bonchev–Trinajstić information content (AvgIpc) is 2.70. The zero-order valence-corrected chi connectivity index (χ0v) is 19.5. The van der Waals surface area contributed by atoms with Gasteiger partial charge in [0.05, 0.1) is 11.7 Å². The lowest BCUT2D eigenvalue weighted by molar-refractivity contribution is -0.155. The summed E-state index contributed by atoms with van der Waals surface area (Å²) < 4.78 is 11.2.